The molecule has 0 fully saturated rings. The summed E-state index contributed by atoms with van der Waals surface area (Å²) in [6.07, 6.45) is 3.04. The number of hydrogen-bond acceptors (Lipinski definition) is 4. The molecule has 2 aromatic carbocycles. The SMILES string of the molecule is COC(=O)c1cccc(NC(=O)/C=C/c2ccc(NC(C)=O)cc2)c1. The molecule has 0 saturated carbocycles. The number of carbonyl (C=O) groups excluding carboxylic acids is 3. The van der Waals surface area contributed by atoms with E-state index in [1.165, 1.54) is 20.1 Å². The van der Waals surface area contributed by atoms with E-state index in [1.54, 1.807) is 54.6 Å². The van der Waals surface area contributed by atoms with Crippen molar-refractivity contribution >= 4 is 35.2 Å². The molecule has 0 aliphatic carbocycles. The van der Waals surface area contributed by atoms with Gasteiger partial charge in [0, 0.05) is 24.4 Å². The van der Waals surface area contributed by atoms with Crippen LogP contribution in [-0.4, -0.2) is 24.9 Å². The van der Waals surface area contributed by atoms with E-state index in [1.807, 2.05) is 0 Å². The molecule has 0 unspecified atom stereocenters. The van der Waals surface area contributed by atoms with E-state index in [0.717, 1.165) is 5.56 Å². The standard InChI is InChI=1S/C19H18N2O4/c1-13(22)20-16-9-6-14(7-10-16)8-11-18(23)21-17-5-3-4-15(12-17)19(24)25-2/h3-12H,1-2H3,(H,20,22)(H,21,23)/b11-8+. The first kappa shape index (κ1) is 17.9. The first-order valence-electron chi connectivity index (χ1n) is 7.53. The average Bonchev–Trinajstić information content (AvgIpc) is 2.60. The zero-order valence-electron chi connectivity index (χ0n) is 13.9. The van der Waals surface area contributed by atoms with Crippen molar-refractivity contribution in [2.24, 2.45) is 0 Å². The van der Waals surface area contributed by atoms with Gasteiger partial charge in [0.25, 0.3) is 0 Å². The Morgan fingerprint density at radius 2 is 1.68 bits per heavy atom. The summed E-state index contributed by atoms with van der Waals surface area (Å²) in [5, 5.41) is 5.35. The molecule has 0 aliphatic rings. The van der Waals surface area contributed by atoms with Crippen LogP contribution in [0, 0.1) is 0 Å². The maximum absolute atomic E-state index is 12.0. The Bertz CT molecular complexity index is 810. The number of benzene rings is 2. The van der Waals surface area contributed by atoms with Crippen LogP contribution in [0.2, 0.25) is 0 Å². The fourth-order valence-electron chi connectivity index (χ4n) is 2.08. The number of ether oxygens (including phenoxy) is 1. The molecule has 2 amide bonds. The van der Waals surface area contributed by atoms with Crippen LogP contribution in [0.25, 0.3) is 6.08 Å². The van der Waals surface area contributed by atoms with Gasteiger partial charge in [0.1, 0.15) is 0 Å². The third-order valence-electron chi connectivity index (χ3n) is 3.21. The second-order valence-electron chi connectivity index (χ2n) is 5.20. The Balaban J connectivity index is 1.99. The zero-order valence-corrected chi connectivity index (χ0v) is 13.9. The summed E-state index contributed by atoms with van der Waals surface area (Å²) in [5.74, 6) is -0.935. The van der Waals surface area contributed by atoms with Crippen LogP contribution in [0.5, 0.6) is 0 Å². The minimum Gasteiger partial charge on any atom is -0.465 e. The zero-order chi connectivity index (χ0) is 18.2. The van der Waals surface area contributed by atoms with Gasteiger partial charge in [-0.05, 0) is 42.0 Å². The monoisotopic (exact) mass is 338 g/mol. The predicted octanol–water partition coefficient (Wildman–Crippen LogP) is 3.08. The normalized spacial score (nSPS) is 10.3. The lowest BCUT2D eigenvalue weighted by atomic mass is 10.2. The molecule has 2 rings (SSSR count). The van der Waals surface area contributed by atoms with E-state index in [2.05, 4.69) is 15.4 Å². The minimum absolute atomic E-state index is 0.142. The minimum atomic E-state index is -0.467. The Kier molecular flexibility index (Phi) is 6.06. The first-order valence-corrected chi connectivity index (χ1v) is 7.53. The second-order valence-corrected chi connectivity index (χ2v) is 5.20. The largest absolute Gasteiger partial charge is 0.465 e. The van der Waals surface area contributed by atoms with Crippen LogP contribution in [0.3, 0.4) is 0 Å². The first-order chi connectivity index (χ1) is 12.0. The molecule has 25 heavy (non-hydrogen) atoms. The van der Waals surface area contributed by atoms with Crippen molar-refractivity contribution in [1.82, 2.24) is 0 Å². The van der Waals surface area contributed by atoms with Crippen molar-refractivity contribution < 1.29 is 19.1 Å². The lowest BCUT2D eigenvalue weighted by molar-refractivity contribution is -0.114. The molecule has 0 saturated heterocycles. The highest BCUT2D eigenvalue weighted by Gasteiger charge is 2.06. The summed E-state index contributed by atoms with van der Waals surface area (Å²) in [6.45, 7) is 1.44. The highest BCUT2D eigenvalue weighted by Crippen LogP contribution is 2.13. The van der Waals surface area contributed by atoms with Gasteiger partial charge in [-0.15, -0.1) is 0 Å². The molecule has 2 aromatic rings. The summed E-state index contributed by atoms with van der Waals surface area (Å²) in [5.41, 5.74) is 2.36. The molecule has 6 heteroatoms. The quantitative estimate of drug-likeness (QED) is 0.648. The summed E-state index contributed by atoms with van der Waals surface area (Å²) in [4.78, 5) is 34.4. The van der Waals surface area contributed by atoms with Crippen LogP contribution >= 0.6 is 0 Å². The van der Waals surface area contributed by atoms with Gasteiger partial charge in [-0.2, -0.15) is 0 Å². The topological polar surface area (TPSA) is 84.5 Å². The molecule has 0 radical (unpaired) electrons. The molecule has 0 aromatic heterocycles. The number of esters is 1. The molecule has 6 nitrogen and oxygen atoms in total. The van der Waals surface area contributed by atoms with Crippen LogP contribution in [0.15, 0.2) is 54.6 Å². The Morgan fingerprint density at radius 3 is 2.32 bits per heavy atom. The Hall–Kier alpha value is -3.41. The van der Waals surface area contributed by atoms with Crippen molar-refractivity contribution in [3.05, 3.63) is 65.7 Å². The van der Waals surface area contributed by atoms with Gasteiger partial charge in [0.05, 0.1) is 12.7 Å². The third-order valence-corrected chi connectivity index (χ3v) is 3.21. The molecule has 0 aliphatic heterocycles. The highest BCUT2D eigenvalue weighted by molar-refractivity contribution is 6.02. The van der Waals surface area contributed by atoms with Crippen molar-refractivity contribution in [3.63, 3.8) is 0 Å². The number of rotatable bonds is 5. The molecule has 128 valence electrons. The van der Waals surface area contributed by atoms with Gasteiger partial charge >= 0.3 is 5.97 Å². The smallest absolute Gasteiger partial charge is 0.337 e. The van der Waals surface area contributed by atoms with Crippen LogP contribution in [0.4, 0.5) is 11.4 Å². The number of methoxy groups -OCH3 is 1. The summed E-state index contributed by atoms with van der Waals surface area (Å²) in [6, 6.07) is 13.6. The van der Waals surface area contributed by atoms with Crippen molar-refractivity contribution in [2.45, 2.75) is 6.92 Å². The molecular weight excluding hydrogens is 320 g/mol. The maximum atomic E-state index is 12.0. The van der Waals surface area contributed by atoms with Crippen molar-refractivity contribution in [2.75, 3.05) is 17.7 Å². The van der Waals surface area contributed by atoms with Crippen LogP contribution in [0.1, 0.15) is 22.8 Å². The molecule has 0 bridgehead atoms. The van der Waals surface area contributed by atoms with Gasteiger partial charge in [-0.3, -0.25) is 9.59 Å². The van der Waals surface area contributed by atoms with Gasteiger partial charge in [-0.25, -0.2) is 4.79 Å². The van der Waals surface area contributed by atoms with E-state index < -0.39 is 5.97 Å². The third kappa shape index (κ3) is 5.62. The van der Waals surface area contributed by atoms with Crippen molar-refractivity contribution in [3.8, 4) is 0 Å². The molecule has 2 N–H and O–H groups in total. The number of hydrogen-bond donors (Lipinski definition) is 2. The fraction of sp³-hybridized carbons (Fsp3) is 0.105. The van der Waals surface area contributed by atoms with E-state index in [9.17, 15) is 14.4 Å². The molecular formula is C19H18N2O4. The maximum Gasteiger partial charge on any atom is 0.337 e. The van der Waals surface area contributed by atoms with E-state index in [-0.39, 0.29) is 11.8 Å². The van der Waals surface area contributed by atoms with Gasteiger partial charge in [0.15, 0.2) is 0 Å². The van der Waals surface area contributed by atoms with Crippen molar-refractivity contribution in [1.29, 1.82) is 0 Å². The molecule has 0 heterocycles. The van der Waals surface area contributed by atoms with Gasteiger partial charge in [0.2, 0.25) is 11.8 Å². The van der Waals surface area contributed by atoms with Crippen LogP contribution < -0.4 is 10.6 Å². The average molecular weight is 338 g/mol. The van der Waals surface area contributed by atoms with Gasteiger partial charge in [-0.1, -0.05) is 18.2 Å². The molecule has 0 atom stereocenters. The van der Waals surface area contributed by atoms with E-state index in [4.69, 9.17) is 0 Å². The number of carbonyl (C=O) groups is 3. The van der Waals surface area contributed by atoms with Gasteiger partial charge < -0.3 is 15.4 Å². The summed E-state index contributed by atoms with van der Waals surface area (Å²) >= 11 is 0. The lowest BCUT2D eigenvalue weighted by Crippen LogP contribution is -2.09. The highest BCUT2D eigenvalue weighted by atomic mass is 16.5. The molecule has 0 spiro atoms. The predicted molar refractivity (Wildman–Crippen MR) is 96.2 cm³/mol. The van der Waals surface area contributed by atoms with Crippen LogP contribution in [-0.2, 0) is 14.3 Å². The van der Waals surface area contributed by atoms with E-state index >= 15 is 0 Å². The summed E-state index contributed by atoms with van der Waals surface area (Å²) < 4.78 is 4.64. The number of amides is 2. The van der Waals surface area contributed by atoms with E-state index in [0.29, 0.717) is 16.9 Å². The lowest BCUT2D eigenvalue weighted by Gasteiger charge is -2.05. The fourth-order valence-corrected chi connectivity index (χ4v) is 2.08. The second kappa shape index (κ2) is 8.44. The summed E-state index contributed by atoms with van der Waals surface area (Å²) in [7, 11) is 1.30. The Labute approximate surface area is 145 Å². The Morgan fingerprint density at radius 1 is 0.960 bits per heavy atom. The number of anilines is 2. The number of nitrogens with one attached hydrogen (secondary N) is 2.